The van der Waals surface area contributed by atoms with Crippen molar-refractivity contribution >= 4 is 11.8 Å². The smallest absolute Gasteiger partial charge is 0.274 e. The first-order valence-electron chi connectivity index (χ1n) is 10.8. The molecule has 3 aliphatic heterocycles. The monoisotopic (exact) mass is 461 g/mol. The first-order chi connectivity index (χ1) is 15.6. The lowest BCUT2D eigenvalue weighted by atomic mass is 9.88. The molecule has 2 amide bonds. The Balaban J connectivity index is 1.61. The van der Waals surface area contributed by atoms with Gasteiger partial charge in [-0.05, 0) is 43.9 Å². The number of nitrogens with one attached hydrogen (secondary N) is 1. The minimum absolute atomic E-state index is 0.0336. The van der Waals surface area contributed by atoms with Crippen molar-refractivity contribution in [3.8, 4) is 5.75 Å². The zero-order chi connectivity index (χ0) is 23.7. The van der Waals surface area contributed by atoms with Crippen molar-refractivity contribution in [1.29, 1.82) is 0 Å². The van der Waals surface area contributed by atoms with Crippen molar-refractivity contribution < 1.29 is 27.9 Å². The van der Waals surface area contributed by atoms with E-state index in [1.165, 1.54) is 16.4 Å². The number of aromatic nitrogens is 1. The van der Waals surface area contributed by atoms with Crippen LogP contribution in [0.5, 0.6) is 5.75 Å². The third-order valence-electron chi connectivity index (χ3n) is 6.95. The summed E-state index contributed by atoms with van der Waals surface area (Å²) in [5, 5.41) is 12.9. The number of fused-ring (bicyclic) bond motifs is 1. The summed E-state index contributed by atoms with van der Waals surface area (Å²) < 4.78 is 45.1. The summed E-state index contributed by atoms with van der Waals surface area (Å²) in [7, 11) is 0. The molecule has 2 N–H and O–H groups in total. The second-order valence-corrected chi connectivity index (χ2v) is 9.09. The summed E-state index contributed by atoms with van der Waals surface area (Å²) in [6.07, 6.45) is 0.210. The standard InChI is InChI=1S/C23H22F3N3O4/c1-11-6-13(24)12(14(25)7-11)9-27-21(32)16-17-15(26)8-23-4-2-3-5-28(10-23)22(33)18(29(17)23)20(31)19(16)30/h6-7,15,31H,2-5,8-10H2,1H3,(H,27,32)/t15-,23-/m1/s1. The average molecular weight is 461 g/mol. The van der Waals surface area contributed by atoms with Crippen LogP contribution in [-0.4, -0.2) is 39.5 Å². The van der Waals surface area contributed by atoms with Gasteiger partial charge in [0.05, 0.1) is 11.2 Å². The maximum absolute atomic E-state index is 15.4. The Labute approximate surface area is 186 Å². The van der Waals surface area contributed by atoms with Crippen molar-refractivity contribution in [2.75, 3.05) is 13.1 Å². The average Bonchev–Trinajstić information content (AvgIpc) is 2.90. The minimum atomic E-state index is -1.71. The fraction of sp³-hybridized carbons (Fsp3) is 0.435. The molecule has 0 radical (unpaired) electrons. The fourth-order valence-corrected chi connectivity index (χ4v) is 5.51. The number of amides is 2. The molecule has 174 valence electrons. The lowest BCUT2D eigenvalue weighted by Crippen LogP contribution is -2.52. The van der Waals surface area contributed by atoms with E-state index in [-0.39, 0.29) is 24.4 Å². The molecule has 1 saturated heterocycles. The van der Waals surface area contributed by atoms with Gasteiger partial charge in [0.2, 0.25) is 5.43 Å². The molecule has 4 heterocycles. The van der Waals surface area contributed by atoms with Gasteiger partial charge in [-0.1, -0.05) is 0 Å². The summed E-state index contributed by atoms with van der Waals surface area (Å²) in [5.74, 6) is -4.29. The number of carbonyl (C=O) groups is 2. The second-order valence-electron chi connectivity index (χ2n) is 9.09. The molecular formula is C23H22F3N3O4. The van der Waals surface area contributed by atoms with E-state index in [4.69, 9.17) is 0 Å². The van der Waals surface area contributed by atoms with E-state index in [1.807, 2.05) is 0 Å². The van der Waals surface area contributed by atoms with E-state index in [0.29, 0.717) is 24.9 Å². The maximum atomic E-state index is 15.4. The van der Waals surface area contributed by atoms with Crippen LogP contribution in [0, 0.1) is 18.6 Å². The molecule has 0 saturated carbocycles. The fourth-order valence-electron chi connectivity index (χ4n) is 5.51. The van der Waals surface area contributed by atoms with Gasteiger partial charge in [0.1, 0.15) is 23.4 Å². The Kier molecular flexibility index (Phi) is 4.80. The molecule has 1 aromatic carbocycles. The molecule has 0 aliphatic carbocycles. The van der Waals surface area contributed by atoms with Crippen molar-refractivity contribution in [1.82, 2.24) is 14.8 Å². The SMILES string of the molecule is Cc1cc(F)c(CNC(=O)c2c3n4c(c(O)c2=O)C(=O)N2CCCC[C@@]4(C[C@H]3F)C2)c(F)c1. The molecule has 7 nitrogen and oxygen atoms in total. The van der Waals surface area contributed by atoms with E-state index in [0.717, 1.165) is 18.6 Å². The number of hydrogen-bond donors (Lipinski definition) is 2. The zero-order valence-electron chi connectivity index (χ0n) is 17.9. The highest BCUT2D eigenvalue weighted by molar-refractivity contribution is 6.00. The molecular weight excluding hydrogens is 439 g/mol. The summed E-state index contributed by atoms with van der Waals surface area (Å²) in [4.78, 5) is 40.4. The van der Waals surface area contributed by atoms with Crippen LogP contribution in [0.25, 0.3) is 0 Å². The van der Waals surface area contributed by atoms with Crippen LogP contribution >= 0.6 is 0 Å². The largest absolute Gasteiger partial charge is 0.503 e. The lowest BCUT2D eigenvalue weighted by Gasteiger charge is -2.41. The predicted molar refractivity (Wildman–Crippen MR) is 111 cm³/mol. The highest BCUT2D eigenvalue weighted by Gasteiger charge is 2.54. The van der Waals surface area contributed by atoms with Crippen molar-refractivity contribution in [3.63, 3.8) is 0 Å². The molecule has 2 atom stereocenters. The highest BCUT2D eigenvalue weighted by atomic mass is 19.1. The van der Waals surface area contributed by atoms with E-state index >= 15 is 4.39 Å². The quantitative estimate of drug-likeness (QED) is 0.736. The Bertz CT molecular complexity index is 1250. The van der Waals surface area contributed by atoms with Crippen molar-refractivity contribution in [3.05, 3.63) is 62.1 Å². The Morgan fingerprint density at radius 2 is 1.94 bits per heavy atom. The molecule has 33 heavy (non-hydrogen) atoms. The predicted octanol–water partition coefficient (Wildman–Crippen LogP) is 2.82. The molecule has 1 fully saturated rings. The summed E-state index contributed by atoms with van der Waals surface area (Å²) in [5.41, 5.74) is -3.27. The third kappa shape index (κ3) is 3.07. The number of rotatable bonds is 3. The number of alkyl halides is 1. The topological polar surface area (TPSA) is 91.6 Å². The molecule has 2 aromatic rings. The molecule has 5 rings (SSSR count). The van der Waals surface area contributed by atoms with Gasteiger partial charge in [0, 0.05) is 31.6 Å². The van der Waals surface area contributed by atoms with E-state index in [9.17, 15) is 28.3 Å². The normalized spacial score (nSPS) is 23.3. The summed E-state index contributed by atoms with van der Waals surface area (Å²) >= 11 is 0. The van der Waals surface area contributed by atoms with Gasteiger partial charge in [-0.3, -0.25) is 14.4 Å². The number of carbonyl (C=O) groups excluding carboxylic acids is 2. The Morgan fingerprint density at radius 1 is 1.24 bits per heavy atom. The van der Waals surface area contributed by atoms with E-state index < -0.39 is 64.0 Å². The van der Waals surface area contributed by atoms with Crippen molar-refractivity contribution in [2.24, 2.45) is 0 Å². The van der Waals surface area contributed by atoms with Crippen LogP contribution in [0.3, 0.4) is 0 Å². The molecule has 2 bridgehead atoms. The molecule has 0 unspecified atom stereocenters. The van der Waals surface area contributed by atoms with Gasteiger partial charge >= 0.3 is 0 Å². The summed E-state index contributed by atoms with van der Waals surface area (Å²) in [6.45, 7) is 1.61. The van der Waals surface area contributed by atoms with Crippen LogP contribution in [0.15, 0.2) is 16.9 Å². The van der Waals surface area contributed by atoms with Gasteiger partial charge in [-0.15, -0.1) is 0 Å². The van der Waals surface area contributed by atoms with Gasteiger partial charge in [-0.2, -0.15) is 0 Å². The molecule has 3 aliphatic rings. The van der Waals surface area contributed by atoms with Gasteiger partial charge in [0.25, 0.3) is 11.8 Å². The molecule has 1 aromatic heterocycles. The first kappa shape index (κ1) is 21.5. The van der Waals surface area contributed by atoms with E-state index in [1.54, 1.807) is 0 Å². The number of benzene rings is 1. The second kappa shape index (κ2) is 7.36. The number of aromatic hydroxyl groups is 1. The van der Waals surface area contributed by atoms with Crippen LogP contribution in [0.4, 0.5) is 13.2 Å². The maximum Gasteiger partial charge on any atom is 0.274 e. The van der Waals surface area contributed by atoms with Gasteiger partial charge in [0.15, 0.2) is 11.4 Å². The minimum Gasteiger partial charge on any atom is -0.503 e. The Hall–Kier alpha value is -3.30. The number of nitrogens with zero attached hydrogens (tertiary/aromatic N) is 2. The Morgan fingerprint density at radius 3 is 2.64 bits per heavy atom. The number of hydrogen-bond acceptors (Lipinski definition) is 4. The zero-order valence-corrected chi connectivity index (χ0v) is 17.9. The first-order valence-corrected chi connectivity index (χ1v) is 10.8. The van der Waals surface area contributed by atoms with Crippen LogP contribution in [0.2, 0.25) is 0 Å². The van der Waals surface area contributed by atoms with Crippen molar-refractivity contribution in [2.45, 2.75) is 50.9 Å². The van der Waals surface area contributed by atoms with Gasteiger partial charge in [-0.25, -0.2) is 13.2 Å². The van der Waals surface area contributed by atoms with Crippen LogP contribution < -0.4 is 10.7 Å². The third-order valence-corrected chi connectivity index (χ3v) is 6.95. The lowest BCUT2D eigenvalue weighted by molar-refractivity contribution is 0.0571. The van der Waals surface area contributed by atoms with E-state index in [2.05, 4.69) is 5.32 Å². The number of halogens is 3. The van der Waals surface area contributed by atoms with Crippen LogP contribution in [0.1, 0.15) is 69.5 Å². The molecule has 10 heteroatoms. The highest BCUT2D eigenvalue weighted by Crippen LogP contribution is 2.50. The number of aryl methyl sites for hydroxylation is 1. The molecule has 1 spiro atoms. The summed E-state index contributed by atoms with van der Waals surface area (Å²) in [6, 6.07) is 2.21. The van der Waals surface area contributed by atoms with Crippen LogP contribution in [-0.2, 0) is 12.1 Å². The van der Waals surface area contributed by atoms with Gasteiger partial charge < -0.3 is 19.9 Å². The number of pyridine rings is 1.